The summed E-state index contributed by atoms with van der Waals surface area (Å²) in [6.45, 7) is 26.4. The van der Waals surface area contributed by atoms with Crippen LogP contribution in [0.3, 0.4) is 0 Å². The third-order valence-corrected chi connectivity index (χ3v) is 9.91. The number of thiophene rings is 1. The number of hydrogen-bond acceptors (Lipinski definition) is 8. The molecule has 0 saturated heterocycles. The third kappa shape index (κ3) is 13.7. The van der Waals surface area contributed by atoms with Gasteiger partial charge in [-0.2, -0.15) is 0 Å². The van der Waals surface area contributed by atoms with Crippen LogP contribution in [0.5, 0.6) is 5.75 Å². The summed E-state index contributed by atoms with van der Waals surface area (Å²) < 4.78 is 18.7. The molecule has 0 aliphatic rings. The molecule has 1 atom stereocenters. The minimum absolute atomic E-state index is 0.0484. The molecule has 8 nitrogen and oxygen atoms in total. The molecule has 0 aliphatic carbocycles. The van der Waals surface area contributed by atoms with E-state index in [0.29, 0.717) is 18.4 Å². The van der Waals surface area contributed by atoms with Gasteiger partial charge in [-0.15, -0.1) is 21.5 Å². The largest absolute Gasteiger partial charge is 0.496 e. The van der Waals surface area contributed by atoms with Crippen LogP contribution in [0.15, 0.2) is 101 Å². The van der Waals surface area contributed by atoms with Crippen molar-refractivity contribution in [2.45, 2.75) is 112 Å². The molecule has 0 fully saturated rings. The number of nitrogens with zero attached hydrogens (tertiary/aromatic N) is 5. The number of rotatable bonds is 12. The second-order valence-electron chi connectivity index (χ2n) is 17.7. The first-order valence-electron chi connectivity index (χ1n) is 19.7. The third-order valence-electron chi connectivity index (χ3n) is 9.05. The lowest BCUT2D eigenvalue weighted by atomic mass is 9.95. The quantitative estimate of drug-likeness (QED) is 0.122. The zero-order chi connectivity index (χ0) is 40.9. The summed E-state index contributed by atoms with van der Waals surface area (Å²) in [6.07, 6.45) is 0.785. The van der Waals surface area contributed by atoms with Gasteiger partial charge in [0.2, 0.25) is 11.8 Å². The number of aromatic nitrogens is 4. The van der Waals surface area contributed by atoms with Crippen LogP contribution in [0.1, 0.15) is 109 Å². The molecule has 9 heteroatoms. The van der Waals surface area contributed by atoms with E-state index in [1.165, 1.54) is 21.5 Å². The Bertz CT molecular complexity index is 2010. The van der Waals surface area contributed by atoms with Crippen LogP contribution in [0.2, 0.25) is 0 Å². The first kappa shape index (κ1) is 44.4. The number of para-hydroxylation sites is 3. The van der Waals surface area contributed by atoms with Gasteiger partial charge in [0.05, 0.1) is 24.8 Å². The predicted molar refractivity (Wildman–Crippen MR) is 233 cm³/mol. The summed E-state index contributed by atoms with van der Waals surface area (Å²) in [5, 5.41) is 10.4. The topological polar surface area (TPSA) is 78.4 Å². The fourth-order valence-electron chi connectivity index (χ4n) is 6.39. The van der Waals surface area contributed by atoms with Gasteiger partial charge in [0, 0.05) is 61.0 Å². The van der Waals surface area contributed by atoms with Gasteiger partial charge in [0.15, 0.2) is 0 Å². The highest BCUT2D eigenvalue weighted by molar-refractivity contribution is 7.09. The van der Waals surface area contributed by atoms with E-state index in [-0.39, 0.29) is 16.2 Å². The number of ether oxygens (including phenoxy) is 2. The standard InChI is InChI=1S/C18H25NOS.C15H20N2O.C14H20N2O/c1-18(2,3)14-19(13-16-9-7-11-21-16)12-15-8-5-6-10-17(15)20-4;1-11(12-8-6-5-7-9-12)10-13-16-17-14(18-13)15(2,3)4;1-14(2,3)13-15-11-7-5-6-8-12(11)16(13)9-10-17-4/h5-11H,12-14H2,1-4H3;5-9,11H,10H2,1-4H3;5-8H,9-10H2,1-4H3. The molecule has 56 heavy (non-hydrogen) atoms. The van der Waals surface area contributed by atoms with E-state index in [2.05, 4.69) is 161 Å². The number of imidazole rings is 1. The summed E-state index contributed by atoms with van der Waals surface area (Å²) >= 11 is 1.82. The van der Waals surface area contributed by atoms with Crippen LogP contribution in [-0.4, -0.2) is 52.0 Å². The first-order chi connectivity index (χ1) is 26.5. The van der Waals surface area contributed by atoms with Gasteiger partial charge in [-0.1, -0.05) is 136 Å². The first-order valence-corrected chi connectivity index (χ1v) is 20.6. The van der Waals surface area contributed by atoms with Crippen molar-refractivity contribution >= 4 is 22.4 Å². The lowest BCUT2D eigenvalue weighted by Gasteiger charge is -2.30. The molecule has 0 N–H and O–H groups in total. The van der Waals surface area contributed by atoms with Gasteiger partial charge in [-0.3, -0.25) is 4.90 Å². The minimum atomic E-state index is -0.0821. The molecule has 3 aromatic heterocycles. The highest BCUT2D eigenvalue weighted by Crippen LogP contribution is 2.28. The molecule has 0 radical (unpaired) electrons. The molecular formula is C47H65N5O3S. The van der Waals surface area contributed by atoms with E-state index in [9.17, 15) is 0 Å². The smallest absolute Gasteiger partial charge is 0.221 e. The maximum atomic E-state index is 5.72. The number of hydrogen-bond donors (Lipinski definition) is 0. The molecule has 6 aromatic rings. The van der Waals surface area contributed by atoms with E-state index in [0.717, 1.165) is 55.6 Å². The zero-order valence-corrected chi connectivity index (χ0v) is 36.7. The minimum Gasteiger partial charge on any atom is -0.496 e. The molecular weight excluding hydrogens is 715 g/mol. The molecule has 0 aliphatic heterocycles. The van der Waals surface area contributed by atoms with Crippen molar-refractivity contribution in [3.63, 3.8) is 0 Å². The maximum Gasteiger partial charge on any atom is 0.221 e. The van der Waals surface area contributed by atoms with Crippen LogP contribution in [0.25, 0.3) is 11.0 Å². The Balaban J connectivity index is 0.000000188. The Hall–Kier alpha value is -4.31. The lowest BCUT2D eigenvalue weighted by molar-refractivity contribution is 0.176. The van der Waals surface area contributed by atoms with E-state index < -0.39 is 0 Å². The van der Waals surface area contributed by atoms with Gasteiger partial charge in [-0.25, -0.2) is 4.98 Å². The molecule has 3 heterocycles. The van der Waals surface area contributed by atoms with Crippen molar-refractivity contribution in [2.24, 2.45) is 5.41 Å². The fraction of sp³-hybridized carbons (Fsp3) is 0.468. The van der Waals surface area contributed by atoms with Crippen molar-refractivity contribution < 1.29 is 13.9 Å². The Morgan fingerprint density at radius 1 is 0.768 bits per heavy atom. The molecule has 0 saturated carbocycles. The van der Waals surface area contributed by atoms with Crippen LogP contribution < -0.4 is 4.74 Å². The predicted octanol–water partition coefficient (Wildman–Crippen LogP) is 11.5. The van der Waals surface area contributed by atoms with Gasteiger partial charge in [0.1, 0.15) is 11.6 Å². The van der Waals surface area contributed by atoms with Crippen molar-refractivity contribution in [3.8, 4) is 5.75 Å². The Morgan fingerprint density at radius 3 is 2.05 bits per heavy atom. The summed E-state index contributed by atoms with van der Waals surface area (Å²) in [4.78, 5) is 8.66. The summed E-state index contributed by atoms with van der Waals surface area (Å²) in [7, 11) is 3.47. The zero-order valence-electron chi connectivity index (χ0n) is 35.9. The monoisotopic (exact) mass is 779 g/mol. The van der Waals surface area contributed by atoms with Gasteiger partial charge >= 0.3 is 0 Å². The van der Waals surface area contributed by atoms with Crippen LogP contribution in [0.4, 0.5) is 0 Å². The van der Waals surface area contributed by atoms with E-state index in [1.54, 1.807) is 14.2 Å². The van der Waals surface area contributed by atoms with Crippen LogP contribution >= 0.6 is 11.3 Å². The number of fused-ring (bicyclic) bond motifs is 1. The molecule has 3 aromatic carbocycles. The Kier molecular flexibility index (Phi) is 16.0. The van der Waals surface area contributed by atoms with E-state index >= 15 is 0 Å². The second kappa shape index (κ2) is 20.2. The van der Waals surface area contributed by atoms with E-state index in [1.807, 2.05) is 35.6 Å². The summed E-state index contributed by atoms with van der Waals surface area (Å²) in [5.41, 5.74) is 5.05. The molecule has 0 bridgehead atoms. The second-order valence-corrected chi connectivity index (χ2v) is 18.7. The number of methoxy groups -OCH3 is 2. The van der Waals surface area contributed by atoms with Crippen molar-refractivity contribution in [2.75, 3.05) is 27.4 Å². The van der Waals surface area contributed by atoms with Gasteiger partial charge in [-0.05, 0) is 46.5 Å². The average Bonchev–Trinajstić information content (AvgIpc) is 3.92. The highest BCUT2D eigenvalue weighted by atomic mass is 32.1. The van der Waals surface area contributed by atoms with Crippen molar-refractivity contribution in [3.05, 3.63) is 130 Å². The number of benzene rings is 3. The lowest BCUT2D eigenvalue weighted by Crippen LogP contribution is -2.31. The molecule has 302 valence electrons. The van der Waals surface area contributed by atoms with Crippen LogP contribution in [0, 0.1) is 5.41 Å². The highest BCUT2D eigenvalue weighted by Gasteiger charge is 2.24. The Morgan fingerprint density at radius 2 is 1.45 bits per heavy atom. The molecule has 1 unspecified atom stereocenters. The molecule has 6 rings (SSSR count). The normalized spacial score (nSPS) is 12.5. The average molecular weight is 780 g/mol. The van der Waals surface area contributed by atoms with Crippen LogP contribution in [-0.2, 0) is 41.6 Å². The van der Waals surface area contributed by atoms with Crippen molar-refractivity contribution in [1.29, 1.82) is 0 Å². The van der Waals surface area contributed by atoms with Gasteiger partial charge in [0.25, 0.3) is 0 Å². The van der Waals surface area contributed by atoms with E-state index in [4.69, 9.17) is 18.9 Å². The fourth-order valence-corrected chi connectivity index (χ4v) is 7.14. The SMILES string of the molecule is CC(Cc1nnc(C(C)(C)C)o1)c1ccccc1.COCCn1c(C(C)(C)C)nc2ccccc21.COc1ccccc1CN(Cc1cccs1)CC(C)(C)C. The Labute approximate surface area is 340 Å². The molecule has 0 spiro atoms. The maximum absolute atomic E-state index is 5.72. The summed E-state index contributed by atoms with van der Waals surface area (Å²) in [5.74, 6) is 3.91. The summed E-state index contributed by atoms with van der Waals surface area (Å²) in [6, 6.07) is 31.3. The van der Waals surface area contributed by atoms with Gasteiger partial charge < -0.3 is 18.5 Å². The van der Waals surface area contributed by atoms with Crippen molar-refractivity contribution in [1.82, 2.24) is 24.6 Å². The molecule has 0 amide bonds.